The van der Waals surface area contributed by atoms with E-state index in [1.807, 2.05) is 56.3 Å². The van der Waals surface area contributed by atoms with Crippen LogP contribution >= 0.6 is 0 Å². The summed E-state index contributed by atoms with van der Waals surface area (Å²) in [6.45, 7) is 3.75. The van der Waals surface area contributed by atoms with Gasteiger partial charge in [-0.25, -0.2) is 4.90 Å². The lowest BCUT2D eigenvalue weighted by Crippen LogP contribution is -2.30. The maximum Gasteiger partial charge on any atom is 0.262 e. The number of hydrogen-bond donors (Lipinski definition) is 0. The van der Waals surface area contributed by atoms with Gasteiger partial charge >= 0.3 is 0 Å². The minimum atomic E-state index is -0.402. The molecule has 0 atom stereocenters. The molecular weight excluding hydrogens is 328 g/mol. The van der Waals surface area contributed by atoms with E-state index in [1.165, 1.54) is 9.80 Å². The number of fused-ring (bicyclic) bond motifs is 1. The molecule has 0 saturated carbocycles. The Balaban J connectivity index is 1.89. The van der Waals surface area contributed by atoms with Gasteiger partial charge in [0.05, 0.1) is 23.4 Å². The number of para-hydroxylation sites is 2. The van der Waals surface area contributed by atoms with Gasteiger partial charge < -0.3 is 4.90 Å². The molecule has 5 nitrogen and oxygen atoms in total. The maximum absolute atomic E-state index is 13.1. The lowest BCUT2D eigenvalue weighted by atomic mass is 10.00. The molecule has 5 heteroatoms. The quantitative estimate of drug-likeness (QED) is 0.589. The molecule has 2 aliphatic rings. The van der Waals surface area contributed by atoms with Crippen molar-refractivity contribution in [2.45, 2.75) is 20.3 Å². The second-order valence-electron chi connectivity index (χ2n) is 6.69. The number of amides is 3. The number of anilines is 2. The first-order valence-electron chi connectivity index (χ1n) is 8.46. The van der Waals surface area contributed by atoms with E-state index >= 15 is 0 Å². The zero-order chi connectivity index (χ0) is 18.6. The van der Waals surface area contributed by atoms with Gasteiger partial charge in [0.1, 0.15) is 0 Å². The molecule has 2 aliphatic heterocycles. The molecule has 0 aromatic heterocycles. The number of carbonyl (C=O) groups is 3. The van der Waals surface area contributed by atoms with Crippen LogP contribution in [0.25, 0.3) is 5.57 Å². The van der Waals surface area contributed by atoms with Crippen LogP contribution in [0.4, 0.5) is 11.4 Å². The Bertz CT molecular complexity index is 999. The summed E-state index contributed by atoms with van der Waals surface area (Å²) in [6, 6.07) is 13.0. The largest absolute Gasteiger partial charge is 0.311 e. The highest BCUT2D eigenvalue weighted by Gasteiger charge is 2.42. The summed E-state index contributed by atoms with van der Waals surface area (Å²) >= 11 is 0. The molecule has 0 radical (unpaired) electrons. The summed E-state index contributed by atoms with van der Waals surface area (Å²) in [6.07, 6.45) is -0.0597. The third-order valence-corrected chi connectivity index (χ3v) is 5.06. The van der Waals surface area contributed by atoms with Gasteiger partial charge in [-0.3, -0.25) is 14.4 Å². The van der Waals surface area contributed by atoms with E-state index in [1.54, 1.807) is 7.05 Å². The van der Waals surface area contributed by atoms with Crippen LogP contribution in [-0.4, -0.2) is 24.8 Å². The van der Waals surface area contributed by atoms with E-state index in [0.717, 1.165) is 16.8 Å². The molecule has 0 unspecified atom stereocenters. The fourth-order valence-electron chi connectivity index (χ4n) is 3.80. The fraction of sp³-hybridized carbons (Fsp3) is 0.190. The van der Waals surface area contributed by atoms with Gasteiger partial charge in [0.2, 0.25) is 5.91 Å². The highest BCUT2D eigenvalue weighted by Crippen LogP contribution is 2.41. The zero-order valence-corrected chi connectivity index (χ0v) is 14.9. The van der Waals surface area contributed by atoms with Crippen molar-refractivity contribution in [3.05, 3.63) is 64.7 Å². The first-order valence-corrected chi connectivity index (χ1v) is 8.46. The molecule has 1 saturated heterocycles. The molecule has 1 fully saturated rings. The van der Waals surface area contributed by atoms with Crippen molar-refractivity contribution in [2.75, 3.05) is 16.8 Å². The smallest absolute Gasteiger partial charge is 0.262 e. The number of carbonyl (C=O) groups excluding carboxylic acids is 3. The Morgan fingerprint density at radius 1 is 0.846 bits per heavy atom. The molecule has 2 aromatic carbocycles. The van der Waals surface area contributed by atoms with Crippen molar-refractivity contribution in [3.63, 3.8) is 0 Å². The normalized spacial score (nSPS) is 19.6. The summed E-state index contributed by atoms with van der Waals surface area (Å²) in [5.74, 6) is -0.943. The monoisotopic (exact) mass is 346 g/mol. The van der Waals surface area contributed by atoms with E-state index < -0.39 is 5.91 Å². The Morgan fingerprint density at radius 2 is 1.50 bits per heavy atom. The van der Waals surface area contributed by atoms with E-state index in [2.05, 4.69) is 0 Å². The van der Waals surface area contributed by atoms with Crippen LogP contribution in [0.1, 0.15) is 23.1 Å². The van der Waals surface area contributed by atoms with Gasteiger partial charge in [0, 0.05) is 18.2 Å². The van der Waals surface area contributed by atoms with Gasteiger partial charge in [0.25, 0.3) is 11.8 Å². The molecule has 0 bridgehead atoms. The molecule has 3 amide bonds. The number of benzene rings is 2. The molecule has 2 heterocycles. The molecule has 26 heavy (non-hydrogen) atoms. The summed E-state index contributed by atoms with van der Waals surface area (Å²) in [4.78, 5) is 41.4. The van der Waals surface area contributed by atoms with Crippen LogP contribution < -0.4 is 9.80 Å². The standard InChI is InChI=1S/C21H18N2O3/c1-12-7-6-8-13(2)19(12)23-17(24)11-15(20(23)25)18-14-9-4-5-10-16(14)22(3)21(18)26/h4-10H,11H2,1-3H3. The highest BCUT2D eigenvalue weighted by atomic mass is 16.2. The Morgan fingerprint density at radius 3 is 2.19 bits per heavy atom. The van der Waals surface area contributed by atoms with Crippen molar-refractivity contribution in [1.82, 2.24) is 0 Å². The molecule has 130 valence electrons. The van der Waals surface area contributed by atoms with Crippen LogP contribution in [-0.2, 0) is 14.4 Å². The van der Waals surface area contributed by atoms with Crippen LogP contribution in [0.5, 0.6) is 0 Å². The van der Waals surface area contributed by atoms with Crippen molar-refractivity contribution >= 4 is 34.7 Å². The number of imide groups is 1. The molecule has 4 rings (SSSR count). The SMILES string of the molecule is Cc1cccc(C)c1N1C(=O)CC(=C2C(=O)N(C)c3ccccc32)C1=O. The lowest BCUT2D eigenvalue weighted by molar-refractivity contribution is -0.121. The lowest BCUT2D eigenvalue weighted by Gasteiger charge is -2.19. The van der Waals surface area contributed by atoms with Crippen LogP contribution in [0.3, 0.4) is 0 Å². The first-order chi connectivity index (χ1) is 12.4. The van der Waals surface area contributed by atoms with E-state index in [-0.39, 0.29) is 23.8 Å². The third-order valence-electron chi connectivity index (χ3n) is 5.06. The number of hydrogen-bond acceptors (Lipinski definition) is 3. The van der Waals surface area contributed by atoms with Crippen molar-refractivity contribution < 1.29 is 14.4 Å². The van der Waals surface area contributed by atoms with Gasteiger partial charge in [0.15, 0.2) is 0 Å². The third kappa shape index (κ3) is 2.13. The summed E-state index contributed by atoms with van der Waals surface area (Å²) in [7, 11) is 1.68. The van der Waals surface area contributed by atoms with Crippen molar-refractivity contribution in [3.8, 4) is 0 Å². The second-order valence-corrected chi connectivity index (χ2v) is 6.69. The van der Waals surface area contributed by atoms with E-state index in [4.69, 9.17) is 0 Å². The molecule has 0 aliphatic carbocycles. The predicted octanol–water partition coefficient (Wildman–Crippen LogP) is 3.00. The van der Waals surface area contributed by atoms with E-state index in [0.29, 0.717) is 16.8 Å². The summed E-state index contributed by atoms with van der Waals surface area (Å²) < 4.78 is 0. The highest BCUT2D eigenvalue weighted by molar-refractivity contribution is 6.41. The number of nitrogens with zero attached hydrogens (tertiary/aromatic N) is 2. The Hall–Kier alpha value is -3.21. The molecular formula is C21H18N2O3. The number of aryl methyl sites for hydroxylation is 2. The fourth-order valence-corrected chi connectivity index (χ4v) is 3.80. The van der Waals surface area contributed by atoms with E-state index in [9.17, 15) is 14.4 Å². The summed E-state index contributed by atoms with van der Waals surface area (Å²) in [5.41, 5.74) is 4.41. The Kier molecular flexibility index (Phi) is 3.54. The predicted molar refractivity (Wildman–Crippen MR) is 99.8 cm³/mol. The summed E-state index contributed by atoms with van der Waals surface area (Å²) in [5, 5.41) is 0. The Labute approximate surface area is 151 Å². The molecule has 2 aromatic rings. The minimum Gasteiger partial charge on any atom is -0.311 e. The number of likely N-dealkylation sites (N-methyl/N-ethyl adjacent to an activating group) is 1. The van der Waals surface area contributed by atoms with Crippen LogP contribution in [0.2, 0.25) is 0 Å². The van der Waals surface area contributed by atoms with Gasteiger partial charge in [-0.1, -0.05) is 36.4 Å². The molecule has 0 spiro atoms. The van der Waals surface area contributed by atoms with Gasteiger partial charge in [-0.2, -0.15) is 0 Å². The van der Waals surface area contributed by atoms with Crippen LogP contribution in [0, 0.1) is 13.8 Å². The molecule has 0 N–H and O–H groups in total. The van der Waals surface area contributed by atoms with Gasteiger partial charge in [-0.05, 0) is 31.0 Å². The topological polar surface area (TPSA) is 57.7 Å². The van der Waals surface area contributed by atoms with Crippen molar-refractivity contribution in [2.24, 2.45) is 0 Å². The van der Waals surface area contributed by atoms with Gasteiger partial charge in [-0.15, -0.1) is 0 Å². The van der Waals surface area contributed by atoms with Crippen molar-refractivity contribution in [1.29, 1.82) is 0 Å². The number of rotatable bonds is 1. The maximum atomic E-state index is 13.1. The minimum absolute atomic E-state index is 0.0597. The average molecular weight is 346 g/mol. The zero-order valence-electron chi connectivity index (χ0n) is 14.9. The first kappa shape index (κ1) is 16.3. The second kappa shape index (κ2) is 5.66. The van der Waals surface area contributed by atoms with Crippen LogP contribution in [0.15, 0.2) is 48.0 Å². The average Bonchev–Trinajstić information content (AvgIpc) is 3.03.